The molecule has 0 saturated heterocycles. The minimum absolute atomic E-state index is 0.0606. The van der Waals surface area contributed by atoms with Gasteiger partial charge in [-0.3, -0.25) is 19.2 Å². The van der Waals surface area contributed by atoms with Crippen LogP contribution in [0.1, 0.15) is 78.6 Å². The van der Waals surface area contributed by atoms with Crippen molar-refractivity contribution in [2.45, 2.75) is 96.9 Å². The lowest BCUT2D eigenvalue weighted by Crippen LogP contribution is -2.63. The van der Waals surface area contributed by atoms with Crippen molar-refractivity contribution >= 4 is 23.9 Å². The van der Waals surface area contributed by atoms with Gasteiger partial charge in [0.15, 0.2) is 0 Å². The van der Waals surface area contributed by atoms with E-state index in [1.54, 1.807) is 0 Å². The van der Waals surface area contributed by atoms with Crippen LogP contribution in [0.25, 0.3) is 0 Å². The molecule has 4 rings (SSSR count). The summed E-state index contributed by atoms with van der Waals surface area (Å²) in [6.45, 7) is 7.33. The zero-order valence-electron chi connectivity index (χ0n) is 29.5. The van der Waals surface area contributed by atoms with Crippen molar-refractivity contribution in [2.75, 3.05) is 53.9 Å². The number of nitrogens with zero attached hydrogens (tertiary/aromatic N) is 1. The van der Waals surface area contributed by atoms with E-state index in [-0.39, 0.29) is 84.8 Å². The third kappa shape index (κ3) is 8.13. The number of hydrogen-bond donors (Lipinski definition) is 3. The summed E-state index contributed by atoms with van der Waals surface area (Å²) >= 11 is 0. The Morgan fingerprint density at radius 1 is 0.809 bits per heavy atom. The fourth-order valence-electron chi connectivity index (χ4n) is 10.2. The first kappa shape index (κ1) is 37.5. The predicted octanol–water partition coefficient (Wildman–Crippen LogP) is 2.14. The summed E-state index contributed by atoms with van der Waals surface area (Å²) in [7, 11) is 6.19. The highest BCUT2D eigenvalue weighted by Gasteiger charge is 2.67. The summed E-state index contributed by atoms with van der Waals surface area (Å²) in [4.78, 5) is 50.4. The van der Waals surface area contributed by atoms with Crippen molar-refractivity contribution in [1.29, 1.82) is 0 Å². The normalized spacial score (nSPS) is 37.0. The molecule has 0 bridgehead atoms. The number of ether oxygens (including phenoxy) is 4. The van der Waals surface area contributed by atoms with Crippen molar-refractivity contribution in [2.24, 2.45) is 63.5 Å². The molecule has 268 valence electrons. The second kappa shape index (κ2) is 15.1. The molecule has 4 aliphatic rings. The van der Waals surface area contributed by atoms with Gasteiger partial charge in [-0.25, -0.2) is 0 Å². The third-order valence-corrected chi connectivity index (χ3v) is 12.6. The predicted molar refractivity (Wildman–Crippen MR) is 175 cm³/mol. The molecule has 4 fully saturated rings. The van der Waals surface area contributed by atoms with Crippen LogP contribution in [-0.4, -0.2) is 101 Å². The van der Waals surface area contributed by atoms with E-state index < -0.39 is 23.3 Å². The summed E-state index contributed by atoms with van der Waals surface area (Å²) in [5.41, 5.74) is 16.5. The Labute approximate surface area is 280 Å². The van der Waals surface area contributed by atoms with Gasteiger partial charge < -0.3 is 40.6 Å². The van der Waals surface area contributed by atoms with E-state index in [1.807, 2.05) is 0 Å². The Bertz CT molecular complexity index is 1150. The van der Waals surface area contributed by atoms with E-state index in [1.165, 1.54) is 0 Å². The fourth-order valence-corrected chi connectivity index (χ4v) is 10.2. The van der Waals surface area contributed by atoms with Gasteiger partial charge in [-0.1, -0.05) is 20.8 Å². The summed E-state index contributed by atoms with van der Waals surface area (Å²) in [6, 6.07) is 0. The number of rotatable bonds is 13. The molecule has 11 atom stereocenters. The quantitative estimate of drug-likeness (QED) is 0.149. The van der Waals surface area contributed by atoms with Crippen LogP contribution in [0.15, 0.2) is 0 Å². The molecular formula is C35H61N4O8+. The van der Waals surface area contributed by atoms with Crippen molar-refractivity contribution in [3.8, 4) is 0 Å². The minimum atomic E-state index is -0.427. The van der Waals surface area contributed by atoms with Crippen molar-refractivity contribution in [3.63, 3.8) is 0 Å². The van der Waals surface area contributed by atoms with Crippen molar-refractivity contribution in [3.05, 3.63) is 0 Å². The summed E-state index contributed by atoms with van der Waals surface area (Å²) in [5.74, 6) is -0.649. The summed E-state index contributed by atoms with van der Waals surface area (Å²) in [6.07, 6.45) is 5.44. The highest BCUT2D eigenvalue weighted by molar-refractivity contribution is 5.72. The van der Waals surface area contributed by atoms with Crippen LogP contribution in [0, 0.1) is 46.3 Å². The van der Waals surface area contributed by atoms with Gasteiger partial charge in [0.2, 0.25) is 0 Å². The number of fused-ring (bicyclic) bond motifs is 5. The number of nitrogens with two attached hydrogens (primary N) is 3. The van der Waals surface area contributed by atoms with Crippen LogP contribution in [-0.2, 0) is 38.1 Å². The zero-order chi connectivity index (χ0) is 34.7. The van der Waals surface area contributed by atoms with E-state index >= 15 is 0 Å². The monoisotopic (exact) mass is 665 g/mol. The Hall–Kier alpha value is -2.28. The zero-order valence-corrected chi connectivity index (χ0v) is 29.5. The highest BCUT2D eigenvalue weighted by Crippen LogP contribution is 2.69. The first-order valence-corrected chi connectivity index (χ1v) is 17.7. The molecule has 0 amide bonds. The molecular weight excluding hydrogens is 604 g/mol. The highest BCUT2D eigenvalue weighted by atomic mass is 16.6. The molecule has 0 heterocycles. The molecule has 0 aliphatic heterocycles. The molecule has 7 unspecified atom stereocenters. The lowest BCUT2D eigenvalue weighted by atomic mass is 9.43. The maximum atomic E-state index is 12.9. The van der Waals surface area contributed by atoms with Crippen LogP contribution in [0.4, 0.5) is 0 Å². The van der Waals surface area contributed by atoms with Crippen LogP contribution in [0.3, 0.4) is 0 Å². The van der Waals surface area contributed by atoms with Gasteiger partial charge in [0.05, 0.1) is 40.8 Å². The average molecular weight is 666 g/mol. The molecule has 47 heavy (non-hydrogen) atoms. The lowest BCUT2D eigenvalue weighted by Gasteiger charge is -2.64. The maximum Gasteiger partial charge on any atom is 0.319 e. The molecule has 0 aromatic heterocycles. The molecule has 0 aromatic rings. The topological polar surface area (TPSA) is 183 Å². The van der Waals surface area contributed by atoms with Crippen molar-refractivity contribution in [1.82, 2.24) is 0 Å². The molecule has 12 heteroatoms. The Morgan fingerprint density at radius 3 is 2.09 bits per heavy atom. The van der Waals surface area contributed by atoms with Gasteiger partial charge in [-0.05, 0) is 86.4 Å². The molecule has 4 saturated carbocycles. The number of carbonyl (C=O) groups is 4. The van der Waals surface area contributed by atoms with E-state index in [0.29, 0.717) is 38.7 Å². The van der Waals surface area contributed by atoms with E-state index in [4.69, 9.17) is 36.1 Å². The minimum Gasteiger partial charge on any atom is -0.461 e. The molecule has 4 aliphatic carbocycles. The third-order valence-electron chi connectivity index (χ3n) is 12.6. The Balaban J connectivity index is 1.61. The van der Waals surface area contributed by atoms with Crippen LogP contribution >= 0.6 is 0 Å². The average Bonchev–Trinajstić information content (AvgIpc) is 3.38. The SMILES string of the molecule is C[C@H](CCC(=O)OCC[N+](C)(C)C)C1CCC2C3C(C[C@H](OC(=O)CN)C21C)C1(C)CC[C@@H](OC(=O)CN)CC1C[C@H]3OC(=O)CN. The van der Waals surface area contributed by atoms with Gasteiger partial charge in [-0.2, -0.15) is 0 Å². The van der Waals surface area contributed by atoms with Gasteiger partial charge in [-0.15, -0.1) is 0 Å². The van der Waals surface area contributed by atoms with Crippen LogP contribution in [0.5, 0.6) is 0 Å². The number of likely N-dealkylation sites (N-methyl/N-ethyl adjacent to an activating group) is 1. The van der Waals surface area contributed by atoms with Gasteiger partial charge in [0.25, 0.3) is 0 Å². The van der Waals surface area contributed by atoms with Gasteiger partial charge in [0.1, 0.15) is 31.5 Å². The summed E-state index contributed by atoms with van der Waals surface area (Å²) < 4.78 is 24.4. The number of hydrogen-bond acceptors (Lipinski definition) is 11. The number of carbonyl (C=O) groups excluding carboxylic acids is 4. The molecule has 6 N–H and O–H groups in total. The first-order chi connectivity index (χ1) is 22.1. The lowest BCUT2D eigenvalue weighted by molar-refractivity contribution is -0.870. The maximum absolute atomic E-state index is 12.9. The van der Waals surface area contributed by atoms with Crippen LogP contribution < -0.4 is 17.2 Å². The molecule has 0 aromatic carbocycles. The first-order valence-electron chi connectivity index (χ1n) is 17.7. The largest absolute Gasteiger partial charge is 0.461 e. The van der Waals surface area contributed by atoms with Crippen molar-refractivity contribution < 1.29 is 42.6 Å². The second-order valence-corrected chi connectivity index (χ2v) is 16.3. The Morgan fingerprint density at radius 2 is 1.45 bits per heavy atom. The fraction of sp³-hybridized carbons (Fsp3) is 0.886. The summed E-state index contributed by atoms with van der Waals surface area (Å²) in [5, 5.41) is 0. The Kier molecular flexibility index (Phi) is 12.1. The van der Waals surface area contributed by atoms with E-state index in [0.717, 1.165) is 36.7 Å². The second-order valence-electron chi connectivity index (χ2n) is 16.3. The van der Waals surface area contributed by atoms with E-state index in [9.17, 15) is 19.2 Å². The van der Waals surface area contributed by atoms with Gasteiger partial charge in [0, 0.05) is 17.8 Å². The molecule has 0 radical (unpaired) electrons. The van der Waals surface area contributed by atoms with Gasteiger partial charge >= 0.3 is 23.9 Å². The number of esters is 4. The molecule has 12 nitrogen and oxygen atoms in total. The van der Waals surface area contributed by atoms with E-state index in [2.05, 4.69) is 41.9 Å². The van der Waals surface area contributed by atoms with Crippen LogP contribution in [0.2, 0.25) is 0 Å². The standard InChI is InChI=1S/C35H61N4O8/c1-21(7-10-29(40)44-14-13-39(4,5)6)24-8-9-25-33-26(17-28(35(24,25)3)47-32(43)20-38)34(2)12-11-23(45-30(41)18-36)15-22(34)16-27(33)46-31(42)19-37/h21-28,33H,7-20,36-38H2,1-6H3/q+1/t21-,22?,23-,24?,25?,26?,27-,28+,33?,34?,35?/m1/s1. The molecule has 0 spiro atoms. The number of quaternary nitrogens is 1. The smallest absolute Gasteiger partial charge is 0.319 e.